The Labute approximate surface area is 135 Å². The smallest absolute Gasteiger partial charge is 0.416 e. The lowest BCUT2D eigenvalue weighted by Gasteiger charge is -2.16. The van der Waals surface area contributed by atoms with Crippen molar-refractivity contribution in [1.29, 1.82) is 0 Å². The number of rotatable bonds is 4. The molecule has 3 nitrogen and oxygen atoms in total. The Morgan fingerprint density at radius 2 is 1.96 bits per heavy atom. The van der Waals surface area contributed by atoms with Gasteiger partial charge in [0, 0.05) is 5.56 Å². The van der Waals surface area contributed by atoms with Crippen molar-refractivity contribution < 1.29 is 22.7 Å². The predicted molar refractivity (Wildman–Crippen MR) is 81.6 cm³/mol. The fourth-order valence-corrected chi connectivity index (χ4v) is 2.42. The average molecular weight is 344 g/mol. The van der Waals surface area contributed by atoms with Crippen molar-refractivity contribution in [3.63, 3.8) is 0 Å². The van der Waals surface area contributed by atoms with Crippen LogP contribution >= 0.6 is 11.6 Å². The summed E-state index contributed by atoms with van der Waals surface area (Å²) in [6, 6.07) is 7.42. The summed E-state index contributed by atoms with van der Waals surface area (Å²) in [5, 5.41) is 0.165. The van der Waals surface area contributed by atoms with Gasteiger partial charge in [-0.15, -0.1) is 0 Å². The number of amides is 1. The first-order valence-electron chi connectivity index (χ1n) is 6.68. The van der Waals surface area contributed by atoms with Gasteiger partial charge in [0.25, 0.3) is 5.91 Å². The molecule has 2 aromatic rings. The van der Waals surface area contributed by atoms with E-state index in [0.29, 0.717) is 0 Å². The molecule has 2 N–H and O–H groups in total. The molecular weight excluding hydrogens is 331 g/mol. The van der Waals surface area contributed by atoms with Crippen LogP contribution in [0.4, 0.5) is 13.2 Å². The number of hydrogen-bond donors (Lipinski definition) is 1. The summed E-state index contributed by atoms with van der Waals surface area (Å²) in [6.07, 6.45) is -4.49. The third-order valence-electron chi connectivity index (χ3n) is 3.14. The van der Waals surface area contributed by atoms with Crippen LogP contribution in [0.1, 0.15) is 22.8 Å². The lowest BCUT2D eigenvalue weighted by molar-refractivity contribution is -0.137. The highest BCUT2D eigenvalue weighted by atomic mass is 35.5. The summed E-state index contributed by atoms with van der Waals surface area (Å²) < 4.78 is 44.1. The van der Waals surface area contributed by atoms with Crippen LogP contribution in [-0.4, -0.2) is 12.5 Å². The zero-order chi connectivity index (χ0) is 17.2. The third kappa shape index (κ3) is 3.59. The highest BCUT2D eigenvalue weighted by Crippen LogP contribution is 2.41. The van der Waals surface area contributed by atoms with Gasteiger partial charge in [-0.05, 0) is 36.8 Å². The van der Waals surface area contributed by atoms with Crippen LogP contribution in [0.3, 0.4) is 0 Å². The van der Waals surface area contributed by atoms with Crippen molar-refractivity contribution in [1.82, 2.24) is 0 Å². The number of carbonyl (C=O) groups is 1. The number of carbonyl (C=O) groups excluding carboxylic acids is 1. The number of halogens is 4. The van der Waals surface area contributed by atoms with Crippen LogP contribution < -0.4 is 10.5 Å². The average Bonchev–Trinajstić information content (AvgIpc) is 2.47. The Bertz CT molecular complexity index is 745. The molecule has 0 fully saturated rings. The van der Waals surface area contributed by atoms with Gasteiger partial charge < -0.3 is 10.5 Å². The van der Waals surface area contributed by atoms with Crippen LogP contribution in [0, 0.1) is 0 Å². The molecule has 0 aliphatic heterocycles. The quantitative estimate of drug-likeness (QED) is 0.887. The van der Waals surface area contributed by atoms with E-state index in [-0.39, 0.29) is 34.1 Å². The van der Waals surface area contributed by atoms with Gasteiger partial charge in [-0.3, -0.25) is 4.79 Å². The van der Waals surface area contributed by atoms with E-state index in [0.717, 1.165) is 12.1 Å². The van der Waals surface area contributed by atoms with E-state index in [1.807, 2.05) is 0 Å². The Morgan fingerprint density at radius 1 is 1.26 bits per heavy atom. The summed E-state index contributed by atoms with van der Waals surface area (Å²) >= 11 is 6.13. The predicted octanol–water partition coefficient (Wildman–Crippen LogP) is 4.52. The van der Waals surface area contributed by atoms with E-state index in [4.69, 9.17) is 22.1 Å². The Kier molecular flexibility index (Phi) is 4.85. The molecule has 0 aromatic heterocycles. The van der Waals surface area contributed by atoms with Gasteiger partial charge >= 0.3 is 6.18 Å². The van der Waals surface area contributed by atoms with Gasteiger partial charge in [0.2, 0.25) is 0 Å². The Morgan fingerprint density at radius 3 is 2.52 bits per heavy atom. The monoisotopic (exact) mass is 343 g/mol. The summed E-state index contributed by atoms with van der Waals surface area (Å²) in [5.74, 6) is -0.676. The van der Waals surface area contributed by atoms with Gasteiger partial charge in [-0.1, -0.05) is 23.7 Å². The molecule has 0 bridgehead atoms. The molecule has 1 amide bonds. The molecule has 122 valence electrons. The topological polar surface area (TPSA) is 52.3 Å². The lowest BCUT2D eigenvalue weighted by atomic mass is 9.99. The van der Waals surface area contributed by atoms with Crippen molar-refractivity contribution in [3.05, 3.63) is 52.5 Å². The van der Waals surface area contributed by atoms with Crippen molar-refractivity contribution in [2.75, 3.05) is 6.61 Å². The van der Waals surface area contributed by atoms with E-state index in [1.165, 1.54) is 24.3 Å². The molecule has 0 radical (unpaired) electrons. The van der Waals surface area contributed by atoms with Gasteiger partial charge in [-0.25, -0.2) is 0 Å². The number of benzene rings is 2. The van der Waals surface area contributed by atoms with E-state index < -0.39 is 17.6 Å². The maximum absolute atomic E-state index is 12.9. The number of alkyl halides is 3. The zero-order valence-corrected chi connectivity index (χ0v) is 12.8. The van der Waals surface area contributed by atoms with Crippen LogP contribution in [0.15, 0.2) is 36.4 Å². The van der Waals surface area contributed by atoms with Crippen LogP contribution in [0.25, 0.3) is 11.1 Å². The number of primary amides is 1. The van der Waals surface area contributed by atoms with Gasteiger partial charge in [-0.2, -0.15) is 13.2 Å². The molecule has 2 aromatic carbocycles. The van der Waals surface area contributed by atoms with E-state index >= 15 is 0 Å². The molecule has 0 atom stereocenters. The molecule has 0 unspecified atom stereocenters. The second-order valence-corrected chi connectivity index (χ2v) is 5.08. The van der Waals surface area contributed by atoms with Crippen molar-refractivity contribution in [2.24, 2.45) is 5.73 Å². The zero-order valence-electron chi connectivity index (χ0n) is 12.1. The van der Waals surface area contributed by atoms with Gasteiger partial charge in [0.05, 0.1) is 22.8 Å². The fourth-order valence-electron chi connectivity index (χ4n) is 2.17. The summed E-state index contributed by atoms with van der Waals surface area (Å²) in [6.45, 7) is 1.88. The normalized spacial score (nSPS) is 11.3. The molecule has 23 heavy (non-hydrogen) atoms. The highest BCUT2D eigenvalue weighted by Gasteiger charge is 2.31. The minimum atomic E-state index is -4.49. The first-order valence-corrected chi connectivity index (χ1v) is 7.06. The minimum absolute atomic E-state index is 0.0589. The number of nitrogens with two attached hydrogens (primary N) is 1. The Hall–Kier alpha value is -2.21. The lowest BCUT2D eigenvalue weighted by Crippen LogP contribution is -2.14. The van der Waals surface area contributed by atoms with Crippen molar-refractivity contribution in [3.8, 4) is 16.9 Å². The molecule has 0 saturated carbocycles. The number of ether oxygens (including phenoxy) is 1. The molecular formula is C16H13ClF3NO2. The first kappa shape index (κ1) is 17.1. The summed E-state index contributed by atoms with van der Waals surface area (Å²) in [5.41, 5.74) is 4.93. The SMILES string of the molecule is CCOc1c(C(N)=O)ccc(Cl)c1-c1cccc(C(F)(F)F)c1. The molecule has 0 aliphatic rings. The molecule has 0 aliphatic carbocycles. The second kappa shape index (κ2) is 6.50. The second-order valence-electron chi connectivity index (χ2n) is 4.67. The maximum Gasteiger partial charge on any atom is 0.416 e. The molecule has 2 rings (SSSR count). The molecule has 0 heterocycles. The van der Waals surface area contributed by atoms with Crippen molar-refractivity contribution >= 4 is 17.5 Å². The third-order valence-corrected chi connectivity index (χ3v) is 3.45. The molecule has 0 spiro atoms. The Balaban J connectivity index is 2.72. The first-order chi connectivity index (χ1) is 10.8. The van der Waals surface area contributed by atoms with E-state index in [1.54, 1.807) is 6.92 Å². The molecule has 0 saturated heterocycles. The number of hydrogen-bond acceptors (Lipinski definition) is 2. The van der Waals surface area contributed by atoms with Crippen LogP contribution in [0.5, 0.6) is 5.75 Å². The minimum Gasteiger partial charge on any atom is -0.492 e. The van der Waals surface area contributed by atoms with Crippen molar-refractivity contribution in [2.45, 2.75) is 13.1 Å². The largest absolute Gasteiger partial charge is 0.492 e. The van der Waals surface area contributed by atoms with E-state index in [2.05, 4.69) is 0 Å². The summed E-state index contributed by atoms with van der Waals surface area (Å²) in [4.78, 5) is 11.5. The maximum atomic E-state index is 12.9. The highest BCUT2D eigenvalue weighted by molar-refractivity contribution is 6.34. The fraction of sp³-hybridized carbons (Fsp3) is 0.188. The summed E-state index contributed by atoms with van der Waals surface area (Å²) in [7, 11) is 0. The molecule has 7 heteroatoms. The van der Waals surface area contributed by atoms with Gasteiger partial charge in [0.15, 0.2) is 0 Å². The standard InChI is InChI=1S/C16H13ClF3NO2/c1-2-23-14-11(15(21)22)6-7-12(17)13(14)9-4-3-5-10(8-9)16(18,19)20/h3-8H,2H2,1H3,(H2,21,22). The van der Waals surface area contributed by atoms with Crippen LogP contribution in [0.2, 0.25) is 5.02 Å². The van der Waals surface area contributed by atoms with E-state index in [9.17, 15) is 18.0 Å². The van der Waals surface area contributed by atoms with Crippen LogP contribution in [-0.2, 0) is 6.18 Å². The van der Waals surface area contributed by atoms with Gasteiger partial charge in [0.1, 0.15) is 5.75 Å².